The van der Waals surface area contributed by atoms with Crippen molar-refractivity contribution in [2.75, 3.05) is 13.7 Å². The lowest BCUT2D eigenvalue weighted by atomic mass is 10.5. The molecular formula is C4H10O3PS-. The summed E-state index contributed by atoms with van der Waals surface area (Å²) in [6, 6.07) is 0. The van der Waals surface area contributed by atoms with Crippen molar-refractivity contribution in [1.29, 1.82) is 0 Å². The smallest absolute Gasteiger partial charge is 0.115 e. The third-order valence-corrected chi connectivity index (χ3v) is 2.39. The van der Waals surface area contributed by atoms with Gasteiger partial charge < -0.3 is 13.9 Å². The Bertz CT molecular complexity index is 116. The van der Waals surface area contributed by atoms with E-state index in [0.29, 0.717) is 6.61 Å². The van der Waals surface area contributed by atoms with Crippen LogP contribution in [0.2, 0.25) is 0 Å². The largest absolute Gasteiger partial charge is 0.780 e. The molecule has 5 heteroatoms. The van der Waals surface area contributed by atoms with Crippen LogP contribution in [0.15, 0.2) is 0 Å². The first-order chi connectivity index (χ1) is 4.12. The lowest BCUT2D eigenvalue weighted by Gasteiger charge is -2.24. The third kappa shape index (κ3) is 5.00. The Labute approximate surface area is 60.2 Å². The van der Waals surface area contributed by atoms with Crippen LogP contribution in [0.1, 0.15) is 13.3 Å². The molecule has 0 fully saturated rings. The Kier molecular flexibility index (Phi) is 4.62. The molecule has 0 aromatic carbocycles. The van der Waals surface area contributed by atoms with E-state index in [9.17, 15) is 4.89 Å². The van der Waals surface area contributed by atoms with Crippen molar-refractivity contribution in [3.63, 3.8) is 0 Å². The van der Waals surface area contributed by atoms with Gasteiger partial charge in [0.15, 0.2) is 0 Å². The highest BCUT2D eigenvalue weighted by atomic mass is 32.5. The molecule has 0 bridgehead atoms. The minimum atomic E-state index is -3.11. The lowest BCUT2D eigenvalue weighted by Crippen LogP contribution is -2.05. The van der Waals surface area contributed by atoms with E-state index in [-0.39, 0.29) is 0 Å². The molecule has 9 heavy (non-hydrogen) atoms. The van der Waals surface area contributed by atoms with Crippen LogP contribution >= 0.6 is 6.72 Å². The van der Waals surface area contributed by atoms with E-state index in [4.69, 9.17) is 0 Å². The van der Waals surface area contributed by atoms with E-state index in [2.05, 4.69) is 20.9 Å². The zero-order chi connectivity index (χ0) is 7.33. The average Bonchev–Trinajstić information content (AvgIpc) is 1.84. The number of hydrogen-bond acceptors (Lipinski definition) is 4. The van der Waals surface area contributed by atoms with Gasteiger partial charge in [0.05, 0.1) is 6.61 Å². The molecule has 0 aliphatic rings. The van der Waals surface area contributed by atoms with Gasteiger partial charge in [-0.05, 0) is 6.42 Å². The van der Waals surface area contributed by atoms with Gasteiger partial charge in [-0.2, -0.15) is 0 Å². The summed E-state index contributed by atoms with van der Waals surface area (Å²) >= 11 is 4.42. The average molecular weight is 169 g/mol. The maximum absolute atomic E-state index is 10.7. The van der Waals surface area contributed by atoms with Crippen molar-refractivity contribution >= 4 is 18.5 Å². The molecule has 56 valence electrons. The quantitative estimate of drug-likeness (QED) is 0.579. The monoisotopic (exact) mass is 169 g/mol. The summed E-state index contributed by atoms with van der Waals surface area (Å²) in [5.74, 6) is 0. The predicted octanol–water partition coefficient (Wildman–Crippen LogP) is 0.644. The van der Waals surface area contributed by atoms with Gasteiger partial charge in [-0.3, -0.25) is 0 Å². The van der Waals surface area contributed by atoms with Gasteiger partial charge in [-0.25, -0.2) is 0 Å². The van der Waals surface area contributed by atoms with Crippen LogP contribution in [-0.2, 0) is 20.9 Å². The van der Waals surface area contributed by atoms with Crippen LogP contribution < -0.4 is 4.89 Å². The van der Waals surface area contributed by atoms with Crippen molar-refractivity contribution in [3.05, 3.63) is 0 Å². The minimum absolute atomic E-state index is 0.397. The second-order valence-electron chi connectivity index (χ2n) is 1.46. The van der Waals surface area contributed by atoms with Gasteiger partial charge in [-0.15, -0.1) is 0 Å². The Morgan fingerprint density at radius 2 is 2.22 bits per heavy atom. The molecule has 0 aliphatic heterocycles. The molecule has 0 N–H and O–H groups in total. The molecule has 0 aromatic heterocycles. The molecule has 0 aliphatic carbocycles. The number of rotatable bonds is 4. The van der Waals surface area contributed by atoms with Crippen LogP contribution in [0, 0.1) is 0 Å². The molecule has 0 saturated heterocycles. The summed E-state index contributed by atoms with van der Waals surface area (Å²) in [4.78, 5) is 10.7. The molecule has 0 heterocycles. The highest BCUT2D eigenvalue weighted by Gasteiger charge is 1.96. The van der Waals surface area contributed by atoms with Crippen molar-refractivity contribution in [2.24, 2.45) is 0 Å². The van der Waals surface area contributed by atoms with E-state index >= 15 is 0 Å². The lowest BCUT2D eigenvalue weighted by molar-refractivity contribution is -0.204. The highest BCUT2D eigenvalue weighted by molar-refractivity contribution is 8.06. The summed E-state index contributed by atoms with van der Waals surface area (Å²) in [5, 5.41) is 0. The maximum Gasteiger partial charge on any atom is 0.115 e. The SMILES string of the molecule is CCCOP([O-])(=S)OC. The first-order valence-corrected chi connectivity index (χ1v) is 5.19. The van der Waals surface area contributed by atoms with Gasteiger partial charge in [0.1, 0.15) is 6.72 Å². The van der Waals surface area contributed by atoms with Crippen LogP contribution in [0.4, 0.5) is 0 Å². The van der Waals surface area contributed by atoms with Crippen LogP contribution in [0.5, 0.6) is 0 Å². The second-order valence-corrected chi connectivity index (χ2v) is 4.32. The molecule has 3 nitrogen and oxygen atoms in total. The van der Waals surface area contributed by atoms with E-state index in [0.717, 1.165) is 6.42 Å². The molecule has 1 unspecified atom stereocenters. The molecule has 0 aromatic rings. The first-order valence-electron chi connectivity index (χ1n) is 2.63. The zero-order valence-corrected chi connectivity index (χ0v) is 7.21. The summed E-state index contributed by atoms with van der Waals surface area (Å²) in [7, 11) is 1.28. The van der Waals surface area contributed by atoms with Crippen LogP contribution in [-0.4, -0.2) is 13.7 Å². The molecular weight excluding hydrogens is 159 g/mol. The Morgan fingerprint density at radius 1 is 1.67 bits per heavy atom. The van der Waals surface area contributed by atoms with Gasteiger partial charge in [0, 0.05) is 7.11 Å². The third-order valence-electron chi connectivity index (χ3n) is 0.677. The molecule has 0 rings (SSSR count). The topological polar surface area (TPSA) is 41.5 Å². The molecule has 0 spiro atoms. The summed E-state index contributed by atoms with van der Waals surface area (Å²) in [6.07, 6.45) is 0.796. The second kappa shape index (κ2) is 4.36. The zero-order valence-electron chi connectivity index (χ0n) is 5.49. The Hall–Kier alpha value is 0.530. The summed E-state index contributed by atoms with van der Waals surface area (Å²) in [6.45, 7) is -0.801. The molecule has 0 amide bonds. The van der Waals surface area contributed by atoms with Gasteiger partial charge in [0.2, 0.25) is 0 Å². The minimum Gasteiger partial charge on any atom is -0.780 e. The standard InChI is InChI=1S/C4H11O3PS/c1-3-4-7-8(5,9)6-2/h3-4H2,1-2H3,(H,5,9)/p-1. The van der Waals surface area contributed by atoms with Crippen LogP contribution in [0.3, 0.4) is 0 Å². The molecule has 1 atom stereocenters. The summed E-state index contributed by atoms with van der Waals surface area (Å²) < 4.78 is 9.06. The highest BCUT2D eigenvalue weighted by Crippen LogP contribution is 2.37. The normalized spacial score (nSPS) is 17.2. The fourth-order valence-corrected chi connectivity index (χ4v) is 0.991. The van der Waals surface area contributed by atoms with E-state index < -0.39 is 6.72 Å². The van der Waals surface area contributed by atoms with Crippen molar-refractivity contribution < 1.29 is 13.9 Å². The van der Waals surface area contributed by atoms with E-state index in [1.54, 1.807) is 0 Å². The van der Waals surface area contributed by atoms with Crippen molar-refractivity contribution in [2.45, 2.75) is 13.3 Å². The van der Waals surface area contributed by atoms with E-state index in [1.165, 1.54) is 7.11 Å². The van der Waals surface area contributed by atoms with Gasteiger partial charge >= 0.3 is 0 Å². The van der Waals surface area contributed by atoms with E-state index in [1.807, 2.05) is 6.92 Å². The fraction of sp³-hybridized carbons (Fsp3) is 1.00. The Balaban J connectivity index is 3.46. The van der Waals surface area contributed by atoms with Gasteiger partial charge in [0.25, 0.3) is 0 Å². The molecule has 0 saturated carbocycles. The fourth-order valence-electron chi connectivity index (χ4n) is 0.256. The first kappa shape index (κ1) is 9.53. The number of hydrogen-bond donors (Lipinski definition) is 0. The van der Waals surface area contributed by atoms with Crippen molar-refractivity contribution in [3.8, 4) is 0 Å². The van der Waals surface area contributed by atoms with Crippen LogP contribution in [0.25, 0.3) is 0 Å². The maximum atomic E-state index is 10.7. The Morgan fingerprint density at radius 3 is 2.56 bits per heavy atom. The molecule has 0 radical (unpaired) electrons. The van der Waals surface area contributed by atoms with Crippen molar-refractivity contribution in [1.82, 2.24) is 0 Å². The predicted molar refractivity (Wildman–Crippen MR) is 37.5 cm³/mol. The van der Waals surface area contributed by atoms with Gasteiger partial charge in [-0.1, -0.05) is 18.7 Å². The summed E-state index contributed by atoms with van der Waals surface area (Å²) in [5.41, 5.74) is 0.